The van der Waals surface area contributed by atoms with E-state index in [1.54, 1.807) is 0 Å². The van der Waals surface area contributed by atoms with E-state index < -0.39 is 0 Å². The zero-order valence-corrected chi connectivity index (χ0v) is 9.62. The van der Waals surface area contributed by atoms with Crippen LogP contribution in [0.5, 0.6) is 0 Å². The van der Waals surface area contributed by atoms with Gasteiger partial charge in [0.2, 0.25) is 0 Å². The molecule has 0 aromatic carbocycles. The van der Waals surface area contributed by atoms with Gasteiger partial charge in [-0.3, -0.25) is 0 Å². The summed E-state index contributed by atoms with van der Waals surface area (Å²) in [5, 5.41) is 0. The number of hydrogen-bond donors (Lipinski definition) is 0. The molecule has 0 aromatic rings. The summed E-state index contributed by atoms with van der Waals surface area (Å²) in [6, 6.07) is 0. The van der Waals surface area contributed by atoms with Crippen LogP contribution in [0.3, 0.4) is 0 Å². The number of hydrogen-bond acceptors (Lipinski definition) is 0. The standard InChI is InChI=1S/Al.Co.Cu.Ni.Pd.Ru. The van der Waals surface area contributed by atoms with Gasteiger partial charge in [-0.25, -0.2) is 0 Å². The van der Waals surface area contributed by atoms with E-state index in [2.05, 4.69) is 0 Å². The van der Waals surface area contributed by atoms with E-state index >= 15 is 0 Å². The Bertz CT molecular complexity index is 15.5. The fourth-order valence-electron chi connectivity index (χ4n) is 0. The Morgan fingerprint density at radius 2 is 1.00 bits per heavy atom. The zero-order valence-electron chi connectivity index (χ0n) is 2.20. The molecule has 0 bridgehead atoms. The Hall–Kier alpha value is 3.34. The van der Waals surface area contributed by atoms with Crippen LogP contribution in [0.2, 0.25) is 0 Å². The smallest absolute Gasteiger partial charge is 0 e. The molecular weight excluding hydrogens is 416 g/mol. The van der Waals surface area contributed by atoms with Crippen molar-refractivity contribution < 1.29 is 90.2 Å². The second-order valence-electron chi connectivity index (χ2n) is 0. The molecule has 6 heavy (non-hydrogen) atoms. The van der Waals surface area contributed by atoms with Crippen LogP contribution in [0, 0.1) is 0 Å². The normalized spacial score (nSPS) is 0. The molecule has 0 amide bonds. The van der Waals surface area contributed by atoms with Crippen molar-refractivity contribution in [1.82, 2.24) is 0 Å². The van der Waals surface area contributed by atoms with E-state index in [0.29, 0.717) is 0 Å². The van der Waals surface area contributed by atoms with Gasteiger partial charge in [0.05, 0.1) is 0 Å². The molecular formula is AlCoCuNiPdRu. The van der Waals surface area contributed by atoms with Crippen molar-refractivity contribution in [3.05, 3.63) is 0 Å². The second-order valence-corrected chi connectivity index (χ2v) is 0. The molecule has 0 fully saturated rings. The van der Waals surface area contributed by atoms with Gasteiger partial charge in [-0.05, 0) is 0 Å². The first-order valence-electron chi connectivity index (χ1n) is 0. The maximum atomic E-state index is 0. The number of rotatable bonds is 0. The molecule has 0 heterocycles. The molecule has 0 aliphatic carbocycles. The van der Waals surface area contributed by atoms with Gasteiger partial charge in [-0.2, -0.15) is 0 Å². The molecule has 0 atom stereocenters. The Labute approximate surface area is 106 Å². The van der Waals surface area contributed by atoms with E-state index in [0.717, 1.165) is 0 Å². The summed E-state index contributed by atoms with van der Waals surface area (Å²) < 4.78 is 0. The van der Waals surface area contributed by atoms with Crippen molar-refractivity contribution in [3.8, 4) is 0 Å². The summed E-state index contributed by atoms with van der Waals surface area (Å²) in [5.41, 5.74) is 0. The summed E-state index contributed by atoms with van der Waals surface area (Å²) in [6.07, 6.45) is 0. The van der Waals surface area contributed by atoms with Crippen LogP contribution in [0.25, 0.3) is 0 Å². The van der Waals surface area contributed by atoms with Gasteiger partial charge in [0.25, 0.3) is 0 Å². The molecule has 5 radical (unpaired) electrons. The van der Waals surface area contributed by atoms with Crippen molar-refractivity contribution in [3.63, 3.8) is 0 Å². The Morgan fingerprint density at radius 1 is 1.00 bits per heavy atom. The molecule has 0 aliphatic rings. The summed E-state index contributed by atoms with van der Waals surface area (Å²) in [6.45, 7) is 0. The van der Waals surface area contributed by atoms with Crippen LogP contribution < -0.4 is 0 Å². The molecule has 0 saturated heterocycles. The average Bonchev–Trinajstić information content (AvgIpc) is 0. The molecule has 0 nitrogen and oxygen atoms in total. The van der Waals surface area contributed by atoms with Gasteiger partial charge in [-0.1, -0.05) is 0 Å². The minimum Gasteiger partial charge on any atom is 0 e. The van der Waals surface area contributed by atoms with Gasteiger partial charge in [0, 0.05) is 108 Å². The summed E-state index contributed by atoms with van der Waals surface area (Å²) in [4.78, 5) is 0. The molecule has 0 aromatic heterocycles. The van der Waals surface area contributed by atoms with Crippen LogP contribution in [0.15, 0.2) is 0 Å². The second kappa shape index (κ2) is 40.3. The van der Waals surface area contributed by atoms with E-state index in [1.165, 1.54) is 0 Å². The fraction of sp³-hybridized carbons (Fsp3) is 0. The summed E-state index contributed by atoms with van der Waals surface area (Å²) in [5.74, 6) is 0. The summed E-state index contributed by atoms with van der Waals surface area (Å²) >= 11 is 0. The summed E-state index contributed by atoms with van der Waals surface area (Å²) in [7, 11) is 0. The molecule has 0 saturated carbocycles. The first-order valence-corrected chi connectivity index (χ1v) is 0. The Kier molecular flexibility index (Phi) is 391. The van der Waals surface area contributed by atoms with Gasteiger partial charge >= 0.3 is 0 Å². The van der Waals surface area contributed by atoms with Crippen LogP contribution in [-0.2, 0) is 90.2 Å². The monoisotopic (exact) mass is 415 g/mol. The van der Waals surface area contributed by atoms with E-state index in [9.17, 15) is 0 Å². The first-order chi connectivity index (χ1) is 0. The average molecular weight is 416 g/mol. The van der Waals surface area contributed by atoms with E-state index in [4.69, 9.17) is 0 Å². The van der Waals surface area contributed by atoms with Crippen molar-refractivity contribution in [2.75, 3.05) is 0 Å². The Balaban J connectivity index is 0. The zero-order chi connectivity index (χ0) is 0. The van der Waals surface area contributed by atoms with Crippen molar-refractivity contribution in [1.29, 1.82) is 0 Å². The molecule has 0 rings (SSSR count). The van der Waals surface area contributed by atoms with E-state index in [1.807, 2.05) is 0 Å². The maximum Gasteiger partial charge on any atom is 0 e. The fourth-order valence-corrected chi connectivity index (χ4v) is 0. The van der Waals surface area contributed by atoms with Crippen molar-refractivity contribution in [2.45, 2.75) is 0 Å². The molecule has 51 valence electrons. The maximum absolute atomic E-state index is 0. The first kappa shape index (κ1) is 58.3. The Morgan fingerprint density at radius 3 is 1.00 bits per heavy atom. The third-order valence-electron chi connectivity index (χ3n) is 0. The molecule has 0 N–H and O–H groups in total. The quantitative estimate of drug-likeness (QED) is 0.473. The third-order valence-corrected chi connectivity index (χ3v) is 0. The predicted molar refractivity (Wildman–Crippen MR) is 5.75 cm³/mol. The van der Waals surface area contributed by atoms with Gasteiger partial charge < -0.3 is 0 Å². The minimum atomic E-state index is 0. The van der Waals surface area contributed by atoms with Gasteiger partial charge in [0.1, 0.15) is 0 Å². The van der Waals surface area contributed by atoms with Crippen LogP contribution >= 0.6 is 0 Å². The van der Waals surface area contributed by atoms with Gasteiger partial charge in [-0.15, -0.1) is 0 Å². The molecule has 0 unspecified atom stereocenters. The molecule has 0 aliphatic heterocycles. The largest absolute Gasteiger partial charge is 0 e. The predicted octanol–water partition coefficient (Wildman–Crippen LogP) is -0.393. The minimum absolute atomic E-state index is 0. The molecule has 6 heteroatoms. The topological polar surface area (TPSA) is 0 Å². The SMILES string of the molecule is [Al].[Co].[Cu].[Ni].[Pd].[Ru]. The van der Waals surface area contributed by atoms with Crippen LogP contribution in [0.1, 0.15) is 0 Å². The molecule has 0 spiro atoms. The van der Waals surface area contributed by atoms with Crippen LogP contribution in [0.4, 0.5) is 0 Å². The van der Waals surface area contributed by atoms with Crippen LogP contribution in [-0.4, -0.2) is 17.4 Å². The van der Waals surface area contributed by atoms with Gasteiger partial charge in [0.15, 0.2) is 0 Å². The third kappa shape index (κ3) is 26.5. The van der Waals surface area contributed by atoms with E-state index in [-0.39, 0.29) is 108 Å². The van der Waals surface area contributed by atoms with Crippen molar-refractivity contribution in [2.24, 2.45) is 0 Å². The van der Waals surface area contributed by atoms with Crippen molar-refractivity contribution >= 4 is 17.4 Å².